The Balaban J connectivity index is 4.38. The van der Waals surface area contributed by atoms with Crippen molar-refractivity contribution in [1.82, 2.24) is 0 Å². The zero-order valence-corrected chi connectivity index (χ0v) is 31.2. The smallest absolute Gasteiger partial charge is 0.306 e. The van der Waals surface area contributed by atoms with E-state index in [1.165, 1.54) is 96.3 Å². The highest BCUT2D eigenvalue weighted by molar-refractivity contribution is 5.71. The Morgan fingerprint density at radius 3 is 1.24 bits per heavy atom. The second-order valence-corrected chi connectivity index (χ2v) is 14.3. The Hall–Kier alpha value is -1.59. The minimum Gasteiger partial charge on any atom is -0.462 e. The fourth-order valence-electron chi connectivity index (χ4n) is 5.66. The number of esters is 3. The van der Waals surface area contributed by atoms with Gasteiger partial charge in [0.1, 0.15) is 13.2 Å². The van der Waals surface area contributed by atoms with E-state index < -0.39 is 6.10 Å². The lowest BCUT2D eigenvalue weighted by molar-refractivity contribution is -0.167. The average molecular weight is 653 g/mol. The van der Waals surface area contributed by atoms with Gasteiger partial charge in [-0.25, -0.2) is 0 Å². The molecule has 46 heavy (non-hydrogen) atoms. The predicted octanol–water partition coefficient (Wildman–Crippen LogP) is 11.8. The van der Waals surface area contributed by atoms with Crippen LogP contribution in [0.2, 0.25) is 0 Å². The molecule has 0 spiro atoms. The first-order chi connectivity index (χ1) is 22.3. The summed E-state index contributed by atoms with van der Waals surface area (Å²) in [6.45, 7) is 11.2. The average Bonchev–Trinajstić information content (AvgIpc) is 3.03. The third kappa shape index (κ3) is 32.4. The van der Waals surface area contributed by atoms with E-state index >= 15 is 0 Å². The molecule has 0 fully saturated rings. The van der Waals surface area contributed by atoms with Crippen LogP contribution in [-0.4, -0.2) is 37.2 Å². The quantitative estimate of drug-likeness (QED) is 0.0391. The summed E-state index contributed by atoms with van der Waals surface area (Å²) in [7, 11) is 0. The van der Waals surface area contributed by atoms with Crippen LogP contribution in [0.3, 0.4) is 0 Å². The van der Waals surface area contributed by atoms with Crippen LogP contribution in [0, 0.1) is 11.8 Å². The third-order valence-corrected chi connectivity index (χ3v) is 9.08. The lowest BCUT2D eigenvalue weighted by Gasteiger charge is -2.18. The van der Waals surface area contributed by atoms with Gasteiger partial charge in [0.05, 0.1) is 0 Å². The van der Waals surface area contributed by atoms with Gasteiger partial charge in [0.15, 0.2) is 6.10 Å². The van der Waals surface area contributed by atoms with E-state index in [-0.39, 0.29) is 31.1 Å². The van der Waals surface area contributed by atoms with Crippen molar-refractivity contribution in [2.75, 3.05) is 13.2 Å². The molecule has 0 saturated carbocycles. The highest BCUT2D eigenvalue weighted by atomic mass is 16.6. The molecular weight excluding hydrogens is 576 g/mol. The van der Waals surface area contributed by atoms with Crippen molar-refractivity contribution in [2.45, 2.75) is 214 Å². The number of unbranched alkanes of at least 4 members (excludes halogenated alkanes) is 18. The van der Waals surface area contributed by atoms with Crippen molar-refractivity contribution in [1.29, 1.82) is 0 Å². The molecule has 6 nitrogen and oxygen atoms in total. The highest BCUT2D eigenvalue weighted by Gasteiger charge is 2.19. The molecule has 0 bridgehead atoms. The van der Waals surface area contributed by atoms with Gasteiger partial charge >= 0.3 is 17.9 Å². The van der Waals surface area contributed by atoms with Crippen molar-refractivity contribution < 1.29 is 28.6 Å². The van der Waals surface area contributed by atoms with E-state index in [2.05, 4.69) is 34.6 Å². The summed E-state index contributed by atoms with van der Waals surface area (Å²) in [5.74, 6) is 0.697. The molecule has 0 saturated heterocycles. The summed E-state index contributed by atoms with van der Waals surface area (Å²) in [5, 5.41) is 0. The van der Waals surface area contributed by atoms with E-state index in [1.807, 2.05) is 0 Å². The first-order valence-corrected chi connectivity index (χ1v) is 19.8. The third-order valence-electron chi connectivity index (χ3n) is 9.08. The fraction of sp³-hybridized carbons (Fsp3) is 0.925. The van der Waals surface area contributed by atoms with Crippen LogP contribution < -0.4 is 0 Å². The summed E-state index contributed by atoms with van der Waals surface area (Å²) >= 11 is 0. The van der Waals surface area contributed by atoms with Crippen LogP contribution in [0.5, 0.6) is 0 Å². The molecule has 0 N–H and O–H groups in total. The van der Waals surface area contributed by atoms with Crippen molar-refractivity contribution in [2.24, 2.45) is 11.8 Å². The van der Waals surface area contributed by atoms with Gasteiger partial charge < -0.3 is 14.2 Å². The minimum atomic E-state index is -0.759. The van der Waals surface area contributed by atoms with E-state index in [1.54, 1.807) is 0 Å². The van der Waals surface area contributed by atoms with Gasteiger partial charge in [-0.15, -0.1) is 0 Å². The predicted molar refractivity (Wildman–Crippen MR) is 192 cm³/mol. The number of carbonyl (C=O) groups is 3. The summed E-state index contributed by atoms with van der Waals surface area (Å²) in [6, 6.07) is 0. The van der Waals surface area contributed by atoms with Gasteiger partial charge in [0, 0.05) is 19.3 Å². The molecule has 1 unspecified atom stereocenters. The maximum atomic E-state index is 12.6. The number of carbonyl (C=O) groups excluding carboxylic acids is 3. The topological polar surface area (TPSA) is 78.9 Å². The van der Waals surface area contributed by atoms with Gasteiger partial charge in [-0.1, -0.05) is 169 Å². The minimum absolute atomic E-state index is 0.0676. The van der Waals surface area contributed by atoms with Crippen LogP contribution >= 0.6 is 0 Å². The van der Waals surface area contributed by atoms with Gasteiger partial charge in [-0.2, -0.15) is 0 Å². The van der Waals surface area contributed by atoms with Crippen molar-refractivity contribution in [3.63, 3.8) is 0 Å². The zero-order valence-electron chi connectivity index (χ0n) is 31.2. The summed E-state index contributed by atoms with van der Waals surface area (Å²) in [4.78, 5) is 37.4. The number of hydrogen-bond acceptors (Lipinski definition) is 6. The van der Waals surface area contributed by atoms with E-state index in [9.17, 15) is 14.4 Å². The maximum Gasteiger partial charge on any atom is 0.306 e. The van der Waals surface area contributed by atoms with Crippen molar-refractivity contribution in [3.05, 3.63) is 0 Å². The van der Waals surface area contributed by atoms with Gasteiger partial charge in [0.25, 0.3) is 0 Å². The van der Waals surface area contributed by atoms with Crippen LogP contribution in [0.15, 0.2) is 0 Å². The van der Waals surface area contributed by atoms with Crippen LogP contribution in [0.25, 0.3) is 0 Å². The van der Waals surface area contributed by atoms with Gasteiger partial charge in [-0.05, 0) is 31.1 Å². The molecule has 0 rings (SSSR count). The second kappa shape index (κ2) is 33.3. The largest absolute Gasteiger partial charge is 0.462 e. The maximum absolute atomic E-state index is 12.6. The number of hydrogen-bond donors (Lipinski definition) is 0. The molecule has 0 aromatic carbocycles. The van der Waals surface area contributed by atoms with Gasteiger partial charge in [-0.3, -0.25) is 14.4 Å². The molecule has 0 aliphatic rings. The molecule has 0 radical (unpaired) electrons. The second-order valence-electron chi connectivity index (χ2n) is 14.3. The normalized spacial score (nSPS) is 12.7. The summed E-state index contributed by atoms with van der Waals surface area (Å²) < 4.78 is 16.6. The fourth-order valence-corrected chi connectivity index (χ4v) is 5.66. The first kappa shape index (κ1) is 44.4. The molecule has 272 valence electrons. The van der Waals surface area contributed by atoms with Crippen molar-refractivity contribution in [3.8, 4) is 0 Å². The van der Waals surface area contributed by atoms with Gasteiger partial charge in [0.2, 0.25) is 0 Å². The molecule has 6 heteroatoms. The molecule has 0 amide bonds. The Morgan fingerprint density at radius 2 is 0.826 bits per heavy atom. The Kier molecular flexibility index (Phi) is 32.2. The molecule has 0 heterocycles. The van der Waals surface area contributed by atoms with Crippen LogP contribution in [0.1, 0.15) is 208 Å². The monoisotopic (exact) mass is 653 g/mol. The molecular formula is C40H76O6. The first-order valence-electron chi connectivity index (χ1n) is 19.8. The van der Waals surface area contributed by atoms with E-state index in [0.717, 1.165) is 69.6 Å². The molecule has 0 aromatic heterocycles. The summed E-state index contributed by atoms with van der Waals surface area (Å²) in [5.41, 5.74) is 0. The molecule has 0 aliphatic heterocycles. The lowest BCUT2D eigenvalue weighted by atomic mass is 10.00. The van der Waals surface area contributed by atoms with E-state index in [4.69, 9.17) is 14.2 Å². The molecule has 0 aliphatic carbocycles. The zero-order chi connectivity index (χ0) is 34.1. The van der Waals surface area contributed by atoms with Crippen LogP contribution in [0.4, 0.5) is 0 Å². The van der Waals surface area contributed by atoms with Crippen molar-refractivity contribution >= 4 is 17.9 Å². The highest BCUT2D eigenvalue weighted by Crippen LogP contribution is 2.16. The standard InChI is InChI=1S/C40H76O6/c1-6-8-9-10-11-12-13-20-25-30-38(41)44-33-37(34-45-39(42)31-26-21-16-14-18-23-28-35(3)4)46-40(43)32-27-22-17-15-19-24-29-36(5)7-2/h35-37H,6-34H2,1-5H3/t36?,37-/m1/s1. The Bertz CT molecular complexity index is 706. The SMILES string of the molecule is CCCCCCCCCCCC(=O)OC[C@H](COC(=O)CCCCCCCCC(C)C)OC(=O)CCCCCCCCC(C)CC. The molecule has 0 aromatic rings. The van der Waals surface area contributed by atoms with Crippen LogP contribution in [-0.2, 0) is 28.6 Å². The Labute approximate surface area is 285 Å². The number of rotatable bonds is 34. The Morgan fingerprint density at radius 1 is 0.457 bits per heavy atom. The summed E-state index contributed by atoms with van der Waals surface area (Å²) in [6.07, 6.45) is 28.2. The molecule has 2 atom stereocenters. The van der Waals surface area contributed by atoms with E-state index in [0.29, 0.717) is 19.3 Å². The lowest BCUT2D eigenvalue weighted by Crippen LogP contribution is -2.30. The number of ether oxygens (including phenoxy) is 3.